The van der Waals surface area contributed by atoms with Crippen LogP contribution in [0.1, 0.15) is 31.7 Å². The Balaban J connectivity index is 1.85. The summed E-state index contributed by atoms with van der Waals surface area (Å²) >= 11 is 3.46. The lowest BCUT2D eigenvalue weighted by Crippen LogP contribution is -1.99. The van der Waals surface area contributed by atoms with Gasteiger partial charge in [-0.2, -0.15) is 0 Å². The van der Waals surface area contributed by atoms with E-state index in [2.05, 4.69) is 51.0 Å². The van der Waals surface area contributed by atoms with E-state index in [0.29, 0.717) is 17.5 Å². The van der Waals surface area contributed by atoms with E-state index in [4.69, 9.17) is 4.52 Å². The molecule has 4 nitrogen and oxygen atoms in total. The molecular weight excluding hydrogens is 306 g/mol. The smallest absolute Gasteiger partial charge is 0.204 e. The maximum Gasteiger partial charge on any atom is 0.204 e. The Morgan fingerprint density at radius 3 is 3.00 bits per heavy atom. The lowest BCUT2D eigenvalue weighted by atomic mass is 10.1. The number of aliphatic imine (C=N–C) groups is 2. The largest absolute Gasteiger partial charge is 0.353 e. The van der Waals surface area contributed by atoms with E-state index in [9.17, 15) is 0 Å². The third-order valence-electron chi connectivity index (χ3n) is 2.92. The van der Waals surface area contributed by atoms with Crippen LogP contribution in [0.4, 0.5) is 0 Å². The molecule has 1 aromatic rings. The molecule has 0 radical (unpaired) electrons. The van der Waals surface area contributed by atoms with Gasteiger partial charge in [0.25, 0.3) is 0 Å². The number of allylic oxidation sites excluding steroid dienone is 4. The van der Waals surface area contributed by atoms with E-state index < -0.39 is 0 Å². The predicted octanol–water partition coefficient (Wildman–Crippen LogP) is 3.64. The topological polar surface area (TPSA) is 50.8 Å². The lowest BCUT2D eigenvalue weighted by Gasteiger charge is -2.03. The monoisotopic (exact) mass is 319 g/mol. The first-order valence-corrected chi connectivity index (χ1v) is 7.11. The van der Waals surface area contributed by atoms with Gasteiger partial charge in [-0.25, -0.2) is 9.98 Å². The lowest BCUT2D eigenvalue weighted by molar-refractivity contribution is 0.401. The molecule has 2 aliphatic rings. The van der Waals surface area contributed by atoms with Gasteiger partial charge >= 0.3 is 0 Å². The first kappa shape index (κ1) is 12.5. The van der Waals surface area contributed by atoms with Crippen LogP contribution in [0.2, 0.25) is 0 Å². The molecule has 2 heterocycles. The van der Waals surface area contributed by atoms with Gasteiger partial charge in [0.05, 0.1) is 17.1 Å². The molecule has 3 rings (SSSR count). The highest BCUT2D eigenvalue weighted by molar-refractivity contribution is 9.11. The van der Waals surface area contributed by atoms with Gasteiger partial charge in [0.15, 0.2) is 5.84 Å². The molecule has 5 heteroatoms. The Kier molecular flexibility index (Phi) is 3.22. The highest BCUT2D eigenvalue weighted by atomic mass is 79.9. The minimum absolute atomic E-state index is 0.556. The fourth-order valence-electron chi connectivity index (χ4n) is 2.08. The van der Waals surface area contributed by atoms with Crippen LogP contribution in [0.3, 0.4) is 0 Å². The number of hydrogen-bond donors (Lipinski definition) is 0. The van der Waals surface area contributed by atoms with Crippen LogP contribution in [0.25, 0.3) is 0 Å². The Morgan fingerprint density at radius 1 is 1.37 bits per heavy atom. The van der Waals surface area contributed by atoms with E-state index in [1.54, 1.807) is 0 Å². The minimum Gasteiger partial charge on any atom is -0.353 e. The van der Waals surface area contributed by atoms with Gasteiger partial charge in [0, 0.05) is 17.0 Å². The van der Waals surface area contributed by atoms with Crippen molar-refractivity contribution in [2.45, 2.75) is 26.7 Å². The summed E-state index contributed by atoms with van der Waals surface area (Å²) in [6.45, 7) is 4.31. The van der Waals surface area contributed by atoms with Crippen LogP contribution in [-0.2, 0) is 6.42 Å². The molecule has 0 fully saturated rings. The second-order valence-electron chi connectivity index (χ2n) is 5.10. The van der Waals surface area contributed by atoms with Crippen LogP contribution in [0.15, 0.2) is 42.9 Å². The Morgan fingerprint density at radius 2 is 2.21 bits per heavy atom. The van der Waals surface area contributed by atoms with E-state index in [0.717, 1.165) is 34.4 Å². The van der Waals surface area contributed by atoms with Gasteiger partial charge in [-0.15, -0.1) is 0 Å². The third kappa shape index (κ3) is 2.61. The molecule has 0 unspecified atom stereocenters. The van der Waals surface area contributed by atoms with Crippen LogP contribution in [0.5, 0.6) is 0 Å². The number of rotatable bonds is 3. The standard InChI is InChI=1S/C14H14BrN3O/c1-8(2)5-10-7-13(19-18-10)14-16-11-4-3-9(15)6-12(11)17-14/h3,6-8H,4-5H2,1-2H3. The zero-order valence-corrected chi connectivity index (χ0v) is 12.4. The van der Waals surface area contributed by atoms with Gasteiger partial charge in [-0.05, 0) is 18.4 Å². The zero-order chi connectivity index (χ0) is 13.4. The Bertz CT molecular complexity index is 635. The summed E-state index contributed by atoms with van der Waals surface area (Å²) in [6, 6.07) is 1.93. The van der Waals surface area contributed by atoms with E-state index in [1.807, 2.05) is 12.1 Å². The summed E-state index contributed by atoms with van der Waals surface area (Å²) in [4.78, 5) is 9.00. The van der Waals surface area contributed by atoms with Crippen molar-refractivity contribution in [2.75, 3.05) is 0 Å². The summed E-state index contributed by atoms with van der Waals surface area (Å²) in [6.07, 6.45) is 5.75. The van der Waals surface area contributed by atoms with Crippen molar-refractivity contribution >= 4 is 27.5 Å². The molecule has 19 heavy (non-hydrogen) atoms. The Hall–Kier alpha value is -1.49. The first-order valence-electron chi connectivity index (χ1n) is 6.32. The number of hydrogen-bond acceptors (Lipinski definition) is 4. The molecule has 0 saturated heterocycles. The van der Waals surface area contributed by atoms with Gasteiger partial charge in [-0.1, -0.05) is 41.0 Å². The summed E-state index contributed by atoms with van der Waals surface area (Å²) in [5.41, 5.74) is 2.85. The van der Waals surface area contributed by atoms with Crippen molar-refractivity contribution in [2.24, 2.45) is 15.9 Å². The molecule has 98 valence electrons. The maximum atomic E-state index is 5.34. The summed E-state index contributed by atoms with van der Waals surface area (Å²) < 4.78 is 6.38. The van der Waals surface area contributed by atoms with Gasteiger partial charge in [-0.3, -0.25) is 0 Å². The van der Waals surface area contributed by atoms with Crippen molar-refractivity contribution in [3.05, 3.63) is 39.9 Å². The summed E-state index contributed by atoms with van der Waals surface area (Å²) in [7, 11) is 0. The van der Waals surface area contributed by atoms with Crippen molar-refractivity contribution in [1.82, 2.24) is 5.16 Å². The summed E-state index contributed by atoms with van der Waals surface area (Å²) in [5.74, 6) is 1.83. The first-order chi connectivity index (χ1) is 9.11. The molecule has 0 bridgehead atoms. The normalized spacial score (nSPS) is 17.9. The van der Waals surface area contributed by atoms with Crippen molar-refractivity contribution < 1.29 is 4.52 Å². The quantitative estimate of drug-likeness (QED) is 0.854. The Labute approximate surface area is 120 Å². The maximum absolute atomic E-state index is 5.34. The van der Waals surface area contributed by atoms with E-state index in [1.165, 1.54) is 0 Å². The molecule has 0 spiro atoms. The second kappa shape index (κ2) is 4.89. The fraction of sp³-hybridized carbons (Fsp3) is 0.357. The highest BCUT2D eigenvalue weighted by Crippen LogP contribution is 2.26. The zero-order valence-electron chi connectivity index (χ0n) is 10.9. The van der Waals surface area contributed by atoms with E-state index >= 15 is 0 Å². The molecular formula is C14H14BrN3O. The van der Waals surface area contributed by atoms with Crippen molar-refractivity contribution in [3.8, 4) is 0 Å². The second-order valence-corrected chi connectivity index (χ2v) is 6.01. The SMILES string of the molecule is CC(C)Cc1cc(C2=NC3=CC(Br)=CCC3=N2)on1. The minimum atomic E-state index is 0.556. The number of nitrogens with zero attached hydrogens (tertiary/aromatic N) is 3. The molecule has 0 amide bonds. The average molecular weight is 320 g/mol. The molecule has 0 aromatic carbocycles. The number of amidine groups is 1. The van der Waals surface area contributed by atoms with Crippen LogP contribution in [0, 0.1) is 5.92 Å². The average Bonchev–Trinajstić information content (AvgIpc) is 2.93. The molecule has 0 atom stereocenters. The molecule has 1 aromatic heterocycles. The highest BCUT2D eigenvalue weighted by Gasteiger charge is 2.22. The van der Waals surface area contributed by atoms with Gasteiger partial charge in [0.1, 0.15) is 0 Å². The molecule has 0 N–H and O–H groups in total. The molecule has 1 aliphatic carbocycles. The van der Waals surface area contributed by atoms with Gasteiger partial charge < -0.3 is 4.52 Å². The van der Waals surface area contributed by atoms with Crippen LogP contribution < -0.4 is 0 Å². The third-order valence-corrected chi connectivity index (χ3v) is 3.48. The van der Waals surface area contributed by atoms with Crippen LogP contribution >= 0.6 is 15.9 Å². The fourth-order valence-corrected chi connectivity index (χ4v) is 2.46. The predicted molar refractivity (Wildman–Crippen MR) is 78.7 cm³/mol. The summed E-state index contributed by atoms with van der Waals surface area (Å²) in [5, 5.41) is 4.07. The number of fused-ring (bicyclic) bond motifs is 1. The van der Waals surface area contributed by atoms with Crippen molar-refractivity contribution in [1.29, 1.82) is 0 Å². The molecule has 0 saturated carbocycles. The van der Waals surface area contributed by atoms with E-state index in [-0.39, 0.29) is 0 Å². The van der Waals surface area contributed by atoms with Crippen molar-refractivity contribution in [3.63, 3.8) is 0 Å². The molecule has 1 aliphatic heterocycles. The number of aromatic nitrogens is 1. The number of halogens is 1. The van der Waals surface area contributed by atoms with Crippen LogP contribution in [-0.4, -0.2) is 16.7 Å². The van der Waals surface area contributed by atoms with Gasteiger partial charge in [0.2, 0.25) is 5.76 Å².